The number of anilines is 1. The van der Waals surface area contributed by atoms with Gasteiger partial charge in [-0.25, -0.2) is 4.98 Å². The number of pyridine rings is 1. The molecule has 0 radical (unpaired) electrons. The molecule has 1 heterocycles. The third-order valence-electron chi connectivity index (χ3n) is 2.83. The molecule has 5 nitrogen and oxygen atoms in total. The highest BCUT2D eigenvalue weighted by Crippen LogP contribution is 2.29. The predicted octanol–water partition coefficient (Wildman–Crippen LogP) is 1.84. The Kier molecular flexibility index (Phi) is 3.68. The maximum atomic E-state index is 12.3. The van der Waals surface area contributed by atoms with Gasteiger partial charge in [0.05, 0.1) is 23.1 Å². The monoisotopic (exact) mass is 264 g/mol. The molecular formula is C12H13ClN4O. The number of nitrogen functional groups attached to an aromatic ring is 1. The summed E-state index contributed by atoms with van der Waals surface area (Å²) in [5.41, 5.74) is 5.92. The van der Waals surface area contributed by atoms with Gasteiger partial charge in [0, 0.05) is 18.8 Å². The molecule has 0 aromatic carbocycles. The minimum Gasteiger partial charge on any atom is -0.382 e. The van der Waals surface area contributed by atoms with Crippen molar-refractivity contribution < 1.29 is 4.79 Å². The fourth-order valence-electron chi connectivity index (χ4n) is 1.74. The number of rotatable bonds is 4. The van der Waals surface area contributed by atoms with Crippen LogP contribution in [0, 0.1) is 11.3 Å². The van der Waals surface area contributed by atoms with E-state index < -0.39 is 0 Å². The van der Waals surface area contributed by atoms with E-state index >= 15 is 0 Å². The lowest BCUT2D eigenvalue weighted by Gasteiger charge is -2.21. The predicted molar refractivity (Wildman–Crippen MR) is 67.9 cm³/mol. The third kappa shape index (κ3) is 2.71. The van der Waals surface area contributed by atoms with Crippen LogP contribution in [0.4, 0.5) is 5.82 Å². The molecule has 1 aromatic heterocycles. The van der Waals surface area contributed by atoms with Crippen LogP contribution in [0.2, 0.25) is 5.02 Å². The first-order chi connectivity index (χ1) is 8.63. The van der Waals surface area contributed by atoms with Crippen LogP contribution in [0.25, 0.3) is 0 Å². The second-order valence-electron chi connectivity index (χ2n) is 4.23. The minimum absolute atomic E-state index is 0.137. The van der Waals surface area contributed by atoms with Crippen molar-refractivity contribution in [2.75, 3.05) is 12.3 Å². The molecule has 0 spiro atoms. The molecular weight excluding hydrogens is 252 g/mol. The molecule has 1 aliphatic rings. The fourth-order valence-corrected chi connectivity index (χ4v) is 1.90. The van der Waals surface area contributed by atoms with Crippen molar-refractivity contribution in [1.82, 2.24) is 9.88 Å². The quantitative estimate of drug-likeness (QED) is 0.899. The highest BCUT2D eigenvalue weighted by molar-refractivity contribution is 6.33. The summed E-state index contributed by atoms with van der Waals surface area (Å²) in [7, 11) is 0. The highest BCUT2D eigenvalue weighted by Gasteiger charge is 2.32. The lowest BCUT2D eigenvalue weighted by atomic mass is 10.2. The summed E-state index contributed by atoms with van der Waals surface area (Å²) in [6.45, 7) is 0.446. The Labute approximate surface area is 110 Å². The maximum absolute atomic E-state index is 12.3. The van der Waals surface area contributed by atoms with E-state index in [1.807, 2.05) is 0 Å². The van der Waals surface area contributed by atoms with Gasteiger partial charge in [-0.05, 0) is 18.9 Å². The summed E-state index contributed by atoms with van der Waals surface area (Å²) >= 11 is 5.85. The lowest BCUT2D eigenvalue weighted by molar-refractivity contribution is 0.0746. The molecule has 0 saturated heterocycles. The van der Waals surface area contributed by atoms with Crippen molar-refractivity contribution in [3.63, 3.8) is 0 Å². The second-order valence-corrected chi connectivity index (χ2v) is 4.64. The molecule has 1 aliphatic carbocycles. The second kappa shape index (κ2) is 5.23. The zero-order valence-electron chi connectivity index (χ0n) is 9.77. The summed E-state index contributed by atoms with van der Waals surface area (Å²) in [5, 5.41) is 8.89. The molecule has 0 unspecified atom stereocenters. The first-order valence-corrected chi connectivity index (χ1v) is 6.10. The first kappa shape index (κ1) is 12.7. The Morgan fingerprint density at radius 3 is 2.94 bits per heavy atom. The van der Waals surface area contributed by atoms with Gasteiger partial charge >= 0.3 is 0 Å². The molecule has 1 fully saturated rings. The minimum atomic E-state index is -0.137. The number of nitrogens with two attached hydrogens (primary N) is 1. The average Bonchev–Trinajstić information content (AvgIpc) is 3.17. The van der Waals surface area contributed by atoms with Gasteiger partial charge in [0.15, 0.2) is 0 Å². The van der Waals surface area contributed by atoms with Crippen LogP contribution in [0.15, 0.2) is 12.3 Å². The number of amides is 1. The number of nitrogens with zero attached hydrogens (tertiary/aromatic N) is 3. The van der Waals surface area contributed by atoms with Gasteiger partial charge in [0.25, 0.3) is 5.91 Å². The number of aromatic nitrogens is 1. The summed E-state index contributed by atoms with van der Waals surface area (Å²) in [6, 6.07) is 3.83. The maximum Gasteiger partial charge on any atom is 0.255 e. The highest BCUT2D eigenvalue weighted by atomic mass is 35.5. The standard InChI is InChI=1S/C12H13ClN4O/c13-10-6-8(7-16-11(10)15)12(18)17(5-1-4-14)9-2-3-9/h6-7,9H,1-3,5H2,(H2,15,16). The van der Waals surface area contributed by atoms with Crippen LogP contribution >= 0.6 is 11.6 Å². The Morgan fingerprint density at radius 1 is 1.67 bits per heavy atom. The number of nitriles is 1. The number of hydrogen-bond acceptors (Lipinski definition) is 4. The molecule has 2 N–H and O–H groups in total. The van der Waals surface area contributed by atoms with E-state index in [2.05, 4.69) is 11.1 Å². The van der Waals surface area contributed by atoms with E-state index in [4.69, 9.17) is 22.6 Å². The van der Waals surface area contributed by atoms with Crippen LogP contribution in [0.1, 0.15) is 29.6 Å². The van der Waals surface area contributed by atoms with Crippen molar-refractivity contribution in [2.45, 2.75) is 25.3 Å². The number of carbonyl (C=O) groups is 1. The fraction of sp³-hybridized carbons (Fsp3) is 0.417. The van der Waals surface area contributed by atoms with Crippen molar-refractivity contribution in [2.24, 2.45) is 0 Å². The average molecular weight is 265 g/mol. The van der Waals surface area contributed by atoms with Crippen molar-refractivity contribution in [3.05, 3.63) is 22.8 Å². The SMILES string of the molecule is N#CCCN(C(=O)c1cnc(N)c(Cl)c1)C1CC1. The normalized spacial score (nSPS) is 14.0. The number of carbonyl (C=O) groups excluding carboxylic acids is 1. The molecule has 6 heteroatoms. The van der Waals surface area contributed by atoms with E-state index in [0.29, 0.717) is 18.5 Å². The smallest absolute Gasteiger partial charge is 0.255 e. The van der Waals surface area contributed by atoms with Crippen LogP contribution in [0.3, 0.4) is 0 Å². The first-order valence-electron chi connectivity index (χ1n) is 5.72. The number of hydrogen-bond donors (Lipinski definition) is 1. The van der Waals surface area contributed by atoms with E-state index in [0.717, 1.165) is 12.8 Å². The summed E-state index contributed by atoms with van der Waals surface area (Å²) < 4.78 is 0. The Hall–Kier alpha value is -1.80. The molecule has 0 bridgehead atoms. The zero-order chi connectivity index (χ0) is 13.1. The van der Waals surface area contributed by atoms with Gasteiger partial charge in [-0.2, -0.15) is 5.26 Å². The summed E-state index contributed by atoms with van der Waals surface area (Å²) in [6.07, 6.45) is 3.74. The van der Waals surface area contributed by atoms with Crippen LogP contribution in [-0.2, 0) is 0 Å². The molecule has 0 aliphatic heterocycles. The van der Waals surface area contributed by atoms with Crippen LogP contribution in [0.5, 0.6) is 0 Å². The molecule has 94 valence electrons. The van der Waals surface area contributed by atoms with E-state index in [1.165, 1.54) is 12.3 Å². The van der Waals surface area contributed by atoms with Gasteiger partial charge in [-0.15, -0.1) is 0 Å². The van der Waals surface area contributed by atoms with E-state index in [-0.39, 0.29) is 22.8 Å². The van der Waals surface area contributed by atoms with Crippen molar-refractivity contribution >= 4 is 23.3 Å². The van der Waals surface area contributed by atoms with E-state index in [9.17, 15) is 4.79 Å². The third-order valence-corrected chi connectivity index (χ3v) is 3.13. The molecule has 18 heavy (non-hydrogen) atoms. The molecule has 2 rings (SSSR count). The van der Waals surface area contributed by atoms with Gasteiger partial charge in [0.2, 0.25) is 0 Å². The Balaban J connectivity index is 2.17. The Bertz CT molecular complexity index is 507. The van der Waals surface area contributed by atoms with E-state index in [1.54, 1.807) is 4.90 Å². The molecule has 1 amide bonds. The van der Waals surface area contributed by atoms with Gasteiger partial charge < -0.3 is 10.6 Å². The van der Waals surface area contributed by atoms with Crippen molar-refractivity contribution in [3.8, 4) is 6.07 Å². The molecule has 1 aromatic rings. The number of halogens is 1. The van der Waals surface area contributed by atoms with Crippen LogP contribution in [-0.4, -0.2) is 28.4 Å². The molecule has 0 atom stereocenters. The van der Waals surface area contributed by atoms with Crippen molar-refractivity contribution in [1.29, 1.82) is 5.26 Å². The zero-order valence-corrected chi connectivity index (χ0v) is 10.5. The summed E-state index contributed by atoms with van der Waals surface area (Å²) in [5.74, 6) is 0.0744. The lowest BCUT2D eigenvalue weighted by Crippen LogP contribution is -2.34. The molecule has 1 saturated carbocycles. The van der Waals surface area contributed by atoms with Gasteiger partial charge in [-0.3, -0.25) is 4.79 Å². The topological polar surface area (TPSA) is 83.0 Å². The summed E-state index contributed by atoms with van der Waals surface area (Å²) in [4.78, 5) is 17.9. The van der Waals surface area contributed by atoms with Gasteiger partial charge in [-0.1, -0.05) is 11.6 Å². The van der Waals surface area contributed by atoms with Gasteiger partial charge in [0.1, 0.15) is 5.82 Å². The largest absolute Gasteiger partial charge is 0.382 e. The Morgan fingerprint density at radius 2 is 2.39 bits per heavy atom. The van der Waals surface area contributed by atoms with Crippen LogP contribution < -0.4 is 5.73 Å².